The van der Waals surface area contributed by atoms with Gasteiger partial charge in [-0.3, -0.25) is 0 Å². The van der Waals surface area contributed by atoms with Gasteiger partial charge in [-0.2, -0.15) is 0 Å². The first-order valence-electron chi connectivity index (χ1n) is 6.91. The average Bonchev–Trinajstić information content (AvgIpc) is 2.45. The molecule has 0 radical (unpaired) electrons. The molecule has 3 aliphatic rings. The first-order chi connectivity index (χ1) is 9.56. The van der Waals surface area contributed by atoms with Crippen LogP contribution in [-0.4, -0.2) is 12.1 Å². The summed E-state index contributed by atoms with van der Waals surface area (Å²) < 4.78 is 6.67. The molecule has 2 bridgehead atoms. The van der Waals surface area contributed by atoms with Crippen molar-refractivity contribution in [1.82, 2.24) is 0 Å². The van der Waals surface area contributed by atoms with E-state index < -0.39 is 0 Å². The summed E-state index contributed by atoms with van der Waals surface area (Å²) in [6.45, 7) is 8.24. The quantitative estimate of drug-likeness (QED) is 0.744. The Morgan fingerprint density at radius 2 is 1.85 bits per heavy atom. The Labute approximate surface area is 127 Å². The number of hydrogen-bond acceptors (Lipinski definition) is 2. The van der Waals surface area contributed by atoms with Gasteiger partial charge in [-0.05, 0) is 60.6 Å². The second-order valence-electron chi connectivity index (χ2n) is 5.62. The van der Waals surface area contributed by atoms with E-state index in [-0.39, 0.29) is 18.0 Å². The van der Waals surface area contributed by atoms with Crippen molar-refractivity contribution in [3.05, 3.63) is 58.6 Å². The lowest BCUT2D eigenvalue weighted by atomic mass is 9.64. The summed E-state index contributed by atoms with van der Waals surface area (Å²) in [7, 11) is 0. The first-order valence-corrected chi connectivity index (χ1v) is 7.70. The smallest absolute Gasteiger partial charge is 0.338 e. The molecule has 3 saturated carbocycles. The number of allylic oxidation sites excluding steroid dienone is 1. The first kappa shape index (κ1) is 13.6. The van der Waals surface area contributed by atoms with Crippen molar-refractivity contribution in [3.63, 3.8) is 0 Å². The van der Waals surface area contributed by atoms with Crippen molar-refractivity contribution in [1.29, 1.82) is 0 Å². The van der Waals surface area contributed by atoms with E-state index in [2.05, 4.69) is 29.1 Å². The monoisotopic (exact) mass is 332 g/mol. The third kappa shape index (κ3) is 2.35. The van der Waals surface area contributed by atoms with Gasteiger partial charge in [0.25, 0.3) is 0 Å². The van der Waals surface area contributed by atoms with Crippen LogP contribution in [-0.2, 0) is 4.74 Å². The summed E-state index contributed by atoms with van der Waals surface area (Å²) in [6.07, 6.45) is 3.06. The van der Waals surface area contributed by atoms with Crippen molar-refractivity contribution in [2.24, 2.45) is 11.8 Å². The van der Waals surface area contributed by atoms with Crippen LogP contribution in [0.4, 0.5) is 0 Å². The van der Waals surface area contributed by atoms with Crippen molar-refractivity contribution in [3.8, 4) is 0 Å². The molecule has 20 heavy (non-hydrogen) atoms. The fourth-order valence-corrected chi connectivity index (χ4v) is 3.53. The SMILES string of the molecule is C=C1C(=C)[C@@H]2CC[C@H]1C[C@H]2OC(=O)c1ccc(Br)cc1. The van der Waals surface area contributed by atoms with Gasteiger partial charge in [0.2, 0.25) is 0 Å². The number of fused-ring (bicyclic) bond motifs is 3. The molecule has 0 unspecified atom stereocenters. The van der Waals surface area contributed by atoms with Gasteiger partial charge in [0.15, 0.2) is 0 Å². The fourth-order valence-electron chi connectivity index (χ4n) is 3.27. The topological polar surface area (TPSA) is 26.3 Å². The highest BCUT2D eigenvalue weighted by Crippen LogP contribution is 2.48. The zero-order valence-corrected chi connectivity index (χ0v) is 12.9. The van der Waals surface area contributed by atoms with Crippen LogP contribution in [0, 0.1) is 11.8 Å². The third-order valence-electron chi connectivity index (χ3n) is 4.48. The van der Waals surface area contributed by atoms with Gasteiger partial charge in [-0.15, -0.1) is 0 Å². The number of carbonyl (C=O) groups excluding carboxylic acids is 1. The molecule has 104 valence electrons. The maximum absolute atomic E-state index is 12.2. The molecule has 1 aromatic carbocycles. The molecule has 0 amide bonds. The Morgan fingerprint density at radius 3 is 2.50 bits per heavy atom. The number of esters is 1. The molecule has 0 N–H and O–H groups in total. The van der Waals surface area contributed by atoms with Crippen LogP contribution >= 0.6 is 15.9 Å². The van der Waals surface area contributed by atoms with Crippen LogP contribution in [0.3, 0.4) is 0 Å². The highest BCUT2D eigenvalue weighted by atomic mass is 79.9. The minimum absolute atomic E-state index is 0.0390. The van der Waals surface area contributed by atoms with Gasteiger partial charge in [0.05, 0.1) is 5.56 Å². The molecule has 3 aliphatic carbocycles. The zero-order valence-electron chi connectivity index (χ0n) is 11.3. The van der Waals surface area contributed by atoms with Crippen molar-refractivity contribution >= 4 is 21.9 Å². The van der Waals surface area contributed by atoms with E-state index in [0.29, 0.717) is 11.5 Å². The van der Waals surface area contributed by atoms with Gasteiger partial charge >= 0.3 is 5.97 Å². The Morgan fingerprint density at radius 1 is 1.15 bits per heavy atom. The van der Waals surface area contributed by atoms with Crippen molar-refractivity contribution in [2.75, 3.05) is 0 Å². The summed E-state index contributed by atoms with van der Waals surface area (Å²) in [5.74, 6) is 0.454. The summed E-state index contributed by atoms with van der Waals surface area (Å²) in [5, 5.41) is 0. The molecular weight excluding hydrogens is 316 g/mol. The van der Waals surface area contributed by atoms with Gasteiger partial charge < -0.3 is 4.74 Å². The number of hydrogen-bond donors (Lipinski definition) is 0. The lowest BCUT2D eigenvalue weighted by Crippen LogP contribution is -2.40. The zero-order chi connectivity index (χ0) is 14.3. The number of benzene rings is 1. The van der Waals surface area contributed by atoms with Crippen molar-refractivity contribution < 1.29 is 9.53 Å². The Balaban J connectivity index is 1.72. The van der Waals surface area contributed by atoms with E-state index in [1.165, 1.54) is 0 Å². The fraction of sp³-hybridized carbons (Fsp3) is 0.353. The molecule has 0 aliphatic heterocycles. The van der Waals surface area contributed by atoms with Crippen LogP contribution in [0.25, 0.3) is 0 Å². The van der Waals surface area contributed by atoms with Crippen LogP contribution in [0.1, 0.15) is 29.6 Å². The van der Waals surface area contributed by atoms with Crippen LogP contribution in [0.2, 0.25) is 0 Å². The second-order valence-corrected chi connectivity index (χ2v) is 6.53. The van der Waals surface area contributed by atoms with Gasteiger partial charge in [0.1, 0.15) is 6.10 Å². The summed E-state index contributed by atoms with van der Waals surface area (Å²) in [6, 6.07) is 7.26. The van der Waals surface area contributed by atoms with E-state index in [1.807, 2.05) is 12.1 Å². The van der Waals surface area contributed by atoms with Gasteiger partial charge in [-0.25, -0.2) is 4.79 Å². The molecule has 0 spiro atoms. The van der Waals surface area contributed by atoms with Gasteiger partial charge in [-0.1, -0.05) is 29.1 Å². The summed E-state index contributed by atoms with van der Waals surface area (Å²) >= 11 is 3.36. The summed E-state index contributed by atoms with van der Waals surface area (Å²) in [5.41, 5.74) is 2.84. The maximum atomic E-state index is 12.2. The molecule has 0 saturated heterocycles. The highest BCUT2D eigenvalue weighted by molar-refractivity contribution is 9.10. The highest BCUT2D eigenvalue weighted by Gasteiger charge is 2.42. The maximum Gasteiger partial charge on any atom is 0.338 e. The third-order valence-corrected chi connectivity index (χ3v) is 5.01. The normalized spacial score (nSPS) is 28.6. The summed E-state index contributed by atoms with van der Waals surface area (Å²) in [4.78, 5) is 12.2. The Hall–Kier alpha value is -1.35. The van der Waals surface area contributed by atoms with E-state index >= 15 is 0 Å². The number of carbonyl (C=O) groups is 1. The molecular formula is C17H17BrO2. The molecule has 3 heteroatoms. The molecule has 1 aromatic rings. The second kappa shape index (κ2) is 5.21. The lowest BCUT2D eigenvalue weighted by Gasteiger charge is -2.44. The molecule has 4 rings (SSSR count). The minimum Gasteiger partial charge on any atom is -0.458 e. The van der Waals surface area contributed by atoms with Crippen molar-refractivity contribution in [2.45, 2.75) is 25.4 Å². The number of halogens is 1. The predicted molar refractivity (Wildman–Crippen MR) is 82.5 cm³/mol. The Kier molecular flexibility index (Phi) is 3.55. The average molecular weight is 333 g/mol. The molecule has 3 fully saturated rings. The van der Waals surface area contributed by atoms with E-state index in [9.17, 15) is 4.79 Å². The Bertz CT molecular complexity index is 573. The molecule has 0 heterocycles. The molecule has 2 nitrogen and oxygen atoms in total. The lowest BCUT2D eigenvalue weighted by molar-refractivity contribution is -0.00428. The van der Waals surface area contributed by atoms with Crippen LogP contribution in [0.15, 0.2) is 53.0 Å². The van der Waals surface area contributed by atoms with Crippen LogP contribution in [0.5, 0.6) is 0 Å². The van der Waals surface area contributed by atoms with Crippen LogP contribution < -0.4 is 0 Å². The minimum atomic E-state index is -0.242. The largest absolute Gasteiger partial charge is 0.458 e. The molecule has 0 aromatic heterocycles. The predicted octanol–water partition coefficient (Wildman–Crippen LogP) is 4.52. The van der Waals surface area contributed by atoms with Gasteiger partial charge in [0, 0.05) is 10.4 Å². The molecule has 3 atom stereocenters. The standard InChI is InChI=1S/C17H17BrO2/c1-10-11(2)15-8-5-13(10)9-16(15)20-17(19)12-3-6-14(18)7-4-12/h3-4,6-7,13,15-16H,1-2,5,8-9H2/t13-,15-,16+/m0/s1. The number of ether oxygens (including phenoxy) is 1. The van der Waals surface area contributed by atoms with E-state index in [0.717, 1.165) is 34.9 Å². The van der Waals surface area contributed by atoms with E-state index in [4.69, 9.17) is 4.74 Å². The van der Waals surface area contributed by atoms with E-state index in [1.54, 1.807) is 12.1 Å². The number of rotatable bonds is 2.